The number of anilines is 1. The van der Waals surface area contributed by atoms with Crippen LogP contribution in [0.1, 0.15) is 30.6 Å². The van der Waals surface area contributed by atoms with Crippen molar-refractivity contribution in [3.05, 3.63) is 47.0 Å². The maximum atomic E-state index is 12.6. The molecule has 1 fully saturated rings. The molecule has 26 heavy (non-hydrogen) atoms. The van der Waals surface area contributed by atoms with E-state index in [0.717, 1.165) is 16.2 Å². The van der Waals surface area contributed by atoms with E-state index in [1.54, 1.807) is 9.42 Å². The Labute approximate surface area is 154 Å². The first-order valence-electron chi connectivity index (χ1n) is 8.49. The van der Waals surface area contributed by atoms with Crippen LogP contribution >= 0.6 is 11.3 Å². The minimum absolute atomic E-state index is 0.00358. The van der Waals surface area contributed by atoms with Gasteiger partial charge in [0, 0.05) is 18.3 Å². The summed E-state index contributed by atoms with van der Waals surface area (Å²) in [7, 11) is 0. The molecule has 7 nitrogen and oxygen atoms in total. The van der Waals surface area contributed by atoms with Crippen LogP contribution in [0.4, 0.5) is 5.95 Å². The van der Waals surface area contributed by atoms with Crippen molar-refractivity contribution in [2.75, 3.05) is 11.9 Å². The van der Waals surface area contributed by atoms with Crippen LogP contribution in [0.25, 0.3) is 4.96 Å². The number of benzene rings is 1. The standard InChI is InChI=1S/C18H19N5O2S/c1-11-10-26-18-20-17(21-23(11)18)19-16(25)14-8-15(24)22(9-14)12(2)13-6-4-3-5-7-13/h3-7,10,12,14H,8-9H2,1-2H3,(H,19,21,25). The zero-order chi connectivity index (χ0) is 18.3. The van der Waals surface area contributed by atoms with Crippen LogP contribution in [0.3, 0.4) is 0 Å². The Kier molecular flexibility index (Phi) is 4.20. The second-order valence-electron chi connectivity index (χ2n) is 6.53. The van der Waals surface area contributed by atoms with Crippen LogP contribution in [0, 0.1) is 12.8 Å². The van der Waals surface area contributed by atoms with Gasteiger partial charge in [0.05, 0.1) is 17.7 Å². The van der Waals surface area contributed by atoms with E-state index in [9.17, 15) is 9.59 Å². The monoisotopic (exact) mass is 369 g/mol. The molecule has 0 spiro atoms. The summed E-state index contributed by atoms with van der Waals surface area (Å²) < 4.78 is 1.70. The molecule has 3 heterocycles. The third-order valence-corrected chi connectivity index (χ3v) is 5.69. The summed E-state index contributed by atoms with van der Waals surface area (Å²) in [6.45, 7) is 4.32. The Morgan fingerprint density at radius 1 is 1.35 bits per heavy atom. The van der Waals surface area contributed by atoms with Crippen molar-refractivity contribution in [1.29, 1.82) is 0 Å². The maximum absolute atomic E-state index is 12.6. The number of nitrogens with zero attached hydrogens (tertiary/aromatic N) is 4. The van der Waals surface area contributed by atoms with E-state index in [4.69, 9.17) is 0 Å². The topological polar surface area (TPSA) is 79.6 Å². The van der Waals surface area contributed by atoms with Crippen molar-refractivity contribution in [3.63, 3.8) is 0 Å². The van der Waals surface area contributed by atoms with Crippen LogP contribution < -0.4 is 5.32 Å². The molecule has 2 aromatic heterocycles. The van der Waals surface area contributed by atoms with Gasteiger partial charge in [-0.15, -0.1) is 16.4 Å². The highest BCUT2D eigenvalue weighted by Crippen LogP contribution is 2.29. The number of nitrogens with one attached hydrogen (secondary N) is 1. The van der Waals surface area contributed by atoms with E-state index in [1.165, 1.54) is 11.3 Å². The number of hydrogen-bond donors (Lipinski definition) is 1. The molecular formula is C18H19N5O2S. The van der Waals surface area contributed by atoms with E-state index >= 15 is 0 Å². The number of fused-ring (bicyclic) bond motifs is 1. The number of amides is 2. The highest BCUT2D eigenvalue weighted by atomic mass is 32.1. The van der Waals surface area contributed by atoms with Gasteiger partial charge in [0.2, 0.25) is 22.7 Å². The molecule has 1 aliphatic heterocycles. The highest BCUT2D eigenvalue weighted by Gasteiger charge is 2.37. The predicted octanol–water partition coefficient (Wildman–Crippen LogP) is 2.65. The molecule has 2 amide bonds. The molecule has 1 saturated heterocycles. The van der Waals surface area contributed by atoms with Gasteiger partial charge in [-0.2, -0.15) is 4.98 Å². The highest BCUT2D eigenvalue weighted by molar-refractivity contribution is 7.15. The molecular weight excluding hydrogens is 350 g/mol. The van der Waals surface area contributed by atoms with Crippen molar-refractivity contribution in [1.82, 2.24) is 19.5 Å². The summed E-state index contributed by atoms with van der Waals surface area (Å²) in [5.41, 5.74) is 2.03. The zero-order valence-corrected chi connectivity index (χ0v) is 15.4. The summed E-state index contributed by atoms with van der Waals surface area (Å²) in [6.07, 6.45) is 0.213. The van der Waals surface area contributed by atoms with Crippen molar-refractivity contribution in [2.24, 2.45) is 5.92 Å². The van der Waals surface area contributed by atoms with Gasteiger partial charge < -0.3 is 4.90 Å². The lowest BCUT2D eigenvalue weighted by molar-refractivity contribution is -0.129. The van der Waals surface area contributed by atoms with Crippen LogP contribution in [0.15, 0.2) is 35.7 Å². The lowest BCUT2D eigenvalue weighted by atomic mass is 10.1. The van der Waals surface area contributed by atoms with Crippen LogP contribution in [0.5, 0.6) is 0 Å². The van der Waals surface area contributed by atoms with E-state index in [2.05, 4.69) is 15.4 Å². The number of hydrogen-bond acceptors (Lipinski definition) is 5. The van der Waals surface area contributed by atoms with Gasteiger partial charge in [0.25, 0.3) is 0 Å². The summed E-state index contributed by atoms with van der Waals surface area (Å²) >= 11 is 1.47. The first-order chi connectivity index (χ1) is 12.5. The molecule has 134 valence electrons. The van der Waals surface area contributed by atoms with Gasteiger partial charge in [-0.05, 0) is 19.4 Å². The molecule has 4 rings (SSSR count). The molecule has 2 unspecified atom stereocenters. The first kappa shape index (κ1) is 16.7. The van der Waals surface area contributed by atoms with Gasteiger partial charge >= 0.3 is 0 Å². The number of aromatic nitrogens is 3. The van der Waals surface area contributed by atoms with Crippen molar-refractivity contribution >= 4 is 34.1 Å². The quantitative estimate of drug-likeness (QED) is 0.767. The predicted molar refractivity (Wildman–Crippen MR) is 98.9 cm³/mol. The first-order valence-corrected chi connectivity index (χ1v) is 9.37. The van der Waals surface area contributed by atoms with Crippen molar-refractivity contribution in [2.45, 2.75) is 26.3 Å². The van der Waals surface area contributed by atoms with Crippen molar-refractivity contribution < 1.29 is 9.59 Å². The summed E-state index contributed by atoms with van der Waals surface area (Å²) in [5, 5.41) is 9.00. The lowest BCUT2D eigenvalue weighted by Gasteiger charge is -2.25. The minimum atomic E-state index is -0.392. The Bertz CT molecular complexity index is 965. The van der Waals surface area contributed by atoms with Crippen LogP contribution in [-0.4, -0.2) is 37.9 Å². The van der Waals surface area contributed by atoms with Gasteiger partial charge in [-0.3, -0.25) is 14.9 Å². The van der Waals surface area contributed by atoms with Gasteiger partial charge in [-0.25, -0.2) is 4.52 Å². The van der Waals surface area contributed by atoms with E-state index < -0.39 is 5.92 Å². The largest absolute Gasteiger partial charge is 0.335 e. The average Bonchev–Trinajstić information content (AvgIpc) is 3.31. The van der Waals surface area contributed by atoms with E-state index in [-0.39, 0.29) is 30.2 Å². The zero-order valence-electron chi connectivity index (χ0n) is 14.5. The fourth-order valence-electron chi connectivity index (χ4n) is 3.25. The van der Waals surface area contributed by atoms with Gasteiger partial charge in [0.1, 0.15) is 0 Å². The van der Waals surface area contributed by atoms with E-state index in [1.807, 2.05) is 49.6 Å². The van der Waals surface area contributed by atoms with Crippen LogP contribution in [-0.2, 0) is 9.59 Å². The molecule has 1 aromatic carbocycles. The number of thiazole rings is 1. The molecule has 3 aromatic rings. The average molecular weight is 369 g/mol. The summed E-state index contributed by atoms with van der Waals surface area (Å²) in [4.78, 5) is 31.8. The number of rotatable bonds is 4. The third kappa shape index (κ3) is 2.96. The number of carbonyl (C=O) groups excluding carboxylic acids is 2. The van der Waals surface area contributed by atoms with Crippen LogP contribution in [0.2, 0.25) is 0 Å². The second kappa shape index (κ2) is 6.53. The Hall–Kier alpha value is -2.74. The van der Waals surface area contributed by atoms with Gasteiger partial charge in [-0.1, -0.05) is 30.3 Å². The summed E-state index contributed by atoms with van der Waals surface area (Å²) in [6, 6.07) is 9.79. The molecule has 0 aliphatic carbocycles. The number of aryl methyl sites for hydroxylation is 1. The van der Waals surface area contributed by atoms with Gasteiger partial charge in [0.15, 0.2) is 0 Å². The SMILES string of the molecule is Cc1csc2nc(NC(=O)C3CC(=O)N(C(C)c4ccccc4)C3)nn12. The Morgan fingerprint density at radius 2 is 2.12 bits per heavy atom. The minimum Gasteiger partial charge on any atom is -0.335 e. The third-order valence-electron chi connectivity index (χ3n) is 4.76. The lowest BCUT2D eigenvalue weighted by Crippen LogP contribution is -2.30. The number of carbonyl (C=O) groups is 2. The molecule has 8 heteroatoms. The number of likely N-dealkylation sites (tertiary alicyclic amines) is 1. The van der Waals surface area contributed by atoms with Crippen molar-refractivity contribution in [3.8, 4) is 0 Å². The molecule has 0 saturated carbocycles. The Morgan fingerprint density at radius 3 is 2.85 bits per heavy atom. The Balaban J connectivity index is 1.45. The second-order valence-corrected chi connectivity index (χ2v) is 7.37. The summed E-state index contributed by atoms with van der Waals surface area (Å²) in [5.74, 6) is -0.323. The smallest absolute Gasteiger partial charge is 0.250 e. The normalized spacial score (nSPS) is 18.5. The molecule has 0 radical (unpaired) electrons. The fourth-order valence-corrected chi connectivity index (χ4v) is 4.05. The fraction of sp³-hybridized carbons (Fsp3) is 0.333. The van der Waals surface area contributed by atoms with E-state index in [0.29, 0.717) is 6.54 Å². The molecule has 2 atom stereocenters. The molecule has 0 bridgehead atoms. The molecule has 1 aliphatic rings. The molecule has 1 N–H and O–H groups in total. The maximum Gasteiger partial charge on any atom is 0.250 e.